The average molecular weight is 519 g/mol. The second-order valence-corrected chi connectivity index (χ2v) is 10.8. The maximum absolute atomic E-state index is 13.9. The molecule has 0 radical (unpaired) electrons. The third-order valence-corrected chi connectivity index (χ3v) is 8.31. The highest BCUT2D eigenvalue weighted by molar-refractivity contribution is 6.05. The number of halogens is 2. The summed E-state index contributed by atoms with van der Waals surface area (Å²) in [6.07, 6.45) is 12.3. The van der Waals surface area contributed by atoms with Gasteiger partial charge in [0.1, 0.15) is 11.5 Å². The molecule has 0 bridgehead atoms. The molecule has 38 heavy (non-hydrogen) atoms. The molecule has 1 saturated carbocycles. The number of piperidine rings is 1. The smallest absolute Gasteiger partial charge is 0.222 e. The number of pyridine rings is 2. The Kier molecular flexibility index (Phi) is 6.96. The molecule has 8 heteroatoms. The van der Waals surface area contributed by atoms with E-state index in [-0.39, 0.29) is 17.6 Å². The average Bonchev–Trinajstić information content (AvgIpc) is 3.42. The van der Waals surface area contributed by atoms with Crippen LogP contribution in [0.4, 0.5) is 8.78 Å². The summed E-state index contributed by atoms with van der Waals surface area (Å²) in [5.41, 5.74) is 3.15. The number of nitrogens with zero attached hydrogens (tertiary/aromatic N) is 3. The van der Waals surface area contributed by atoms with Gasteiger partial charge in [-0.3, -0.25) is 9.78 Å². The van der Waals surface area contributed by atoms with E-state index in [1.165, 1.54) is 23.1 Å². The fourth-order valence-electron chi connectivity index (χ4n) is 6.30. The standard InChI is InChI=1S/C30H32F2N4O2/c31-22-7-8-27(25(32)15-22)38-18-20-2-1-13-36(17-20)28(37)14-19-3-5-21(6-4-19)23-9-11-33-26-16-35-30-24(29(23)26)10-12-34-30/h7-12,15-16,19-21H,1-6,13-14,17-18H2,(H,34,35). The van der Waals surface area contributed by atoms with Crippen molar-refractivity contribution >= 4 is 27.8 Å². The molecule has 0 spiro atoms. The van der Waals surface area contributed by atoms with Crippen LogP contribution in [0.25, 0.3) is 21.9 Å². The fraction of sp³-hybridized carbons (Fsp3) is 0.433. The predicted octanol–water partition coefficient (Wildman–Crippen LogP) is 6.37. The van der Waals surface area contributed by atoms with Gasteiger partial charge in [0.25, 0.3) is 0 Å². The molecule has 1 aliphatic carbocycles. The van der Waals surface area contributed by atoms with Gasteiger partial charge in [-0.1, -0.05) is 0 Å². The van der Waals surface area contributed by atoms with E-state index in [1.807, 2.05) is 23.5 Å². The molecule has 6 nitrogen and oxygen atoms in total. The highest BCUT2D eigenvalue weighted by Gasteiger charge is 2.29. The van der Waals surface area contributed by atoms with E-state index >= 15 is 0 Å². The first-order valence-electron chi connectivity index (χ1n) is 13.6. The van der Waals surface area contributed by atoms with Gasteiger partial charge in [-0.2, -0.15) is 0 Å². The minimum absolute atomic E-state index is 0.0575. The van der Waals surface area contributed by atoms with Crippen molar-refractivity contribution in [2.45, 2.75) is 50.9 Å². The Balaban J connectivity index is 1.03. The predicted molar refractivity (Wildman–Crippen MR) is 142 cm³/mol. The van der Waals surface area contributed by atoms with Crippen molar-refractivity contribution in [3.63, 3.8) is 0 Å². The van der Waals surface area contributed by atoms with Gasteiger partial charge in [-0.25, -0.2) is 13.8 Å². The lowest BCUT2D eigenvalue weighted by Gasteiger charge is -2.35. The molecule has 6 rings (SSSR count). The van der Waals surface area contributed by atoms with E-state index in [0.717, 1.165) is 67.7 Å². The van der Waals surface area contributed by atoms with E-state index in [1.54, 1.807) is 0 Å². The molecule has 4 heterocycles. The molecule has 2 aliphatic rings. The lowest BCUT2D eigenvalue weighted by atomic mass is 9.76. The van der Waals surface area contributed by atoms with Crippen LogP contribution in [0.15, 0.2) is 48.9 Å². The Morgan fingerprint density at radius 2 is 1.92 bits per heavy atom. The number of aromatic amines is 1. The molecule has 3 aromatic heterocycles. The number of hydrogen-bond acceptors (Lipinski definition) is 4. The van der Waals surface area contributed by atoms with Gasteiger partial charge in [-0.15, -0.1) is 0 Å². The van der Waals surface area contributed by atoms with Crippen LogP contribution < -0.4 is 4.74 Å². The number of ether oxygens (including phenoxy) is 1. The van der Waals surface area contributed by atoms with Crippen molar-refractivity contribution in [2.75, 3.05) is 19.7 Å². The summed E-state index contributed by atoms with van der Waals surface area (Å²) in [6.45, 7) is 1.71. The molecule has 1 atom stereocenters. The van der Waals surface area contributed by atoms with Gasteiger partial charge >= 0.3 is 0 Å². The third kappa shape index (κ3) is 5.08. The number of carbonyl (C=O) groups is 1. The topological polar surface area (TPSA) is 71.1 Å². The van der Waals surface area contributed by atoms with Crippen LogP contribution in [-0.2, 0) is 4.79 Å². The Labute approximate surface area is 220 Å². The minimum atomic E-state index is -0.696. The zero-order valence-corrected chi connectivity index (χ0v) is 21.3. The van der Waals surface area contributed by atoms with E-state index in [2.05, 4.69) is 27.1 Å². The largest absolute Gasteiger partial charge is 0.490 e. The van der Waals surface area contributed by atoms with Crippen molar-refractivity contribution in [3.8, 4) is 5.75 Å². The van der Waals surface area contributed by atoms with Gasteiger partial charge in [-0.05, 0) is 80.2 Å². The van der Waals surface area contributed by atoms with Gasteiger partial charge in [0.05, 0.1) is 18.3 Å². The van der Waals surface area contributed by atoms with Crippen molar-refractivity contribution in [2.24, 2.45) is 11.8 Å². The molecule has 1 amide bonds. The van der Waals surface area contributed by atoms with Gasteiger partial charge in [0, 0.05) is 54.7 Å². The minimum Gasteiger partial charge on any atom is -0.490 e. The maximum Gasteiger partial charge on any atom is 0.222 e. The highest BCUT2D eigenvalue weighted by atomic mass is 19.1. The van der Waals surface area contributed by atoms with E-state index in [9.17, 15) is 13.6 Å². The maximum atomic E-state index is 13.9. The number of amides is 1. The van der Waals surface area contributed by atoms with Crippen molar-refractivity contribution in [1.29, 1.82) is 0 Å². The molecule has 1 N–H and O–H groups in total. The SMILES string of the molecule is O=C(CC1CCC(c2ccnc3cnc4[nH]ccc4c23)CC1)N1CCCC(COc2ccc(F)cc2F)C1. The lowest BCUT2D eigenvalue weighted by Crippen LogP contribution is -2.42. The molecule has 1 unspecified atom stereocenters. The molecule has 2 fully saturated rings. The first-order valence-corrected chi connectivity index (χ1v) is 13.6. The second kappa shape index (κ2) is 10.7. The Morgan fingerprint density at radius 1 is 1.05 bits per heavy atom. The van der Waals surface area contributed by atoms with Crippen LogP contribution in [0.5, 0.6) is 5.75 Å². The summed E-state index contributed by atoms with van der Waals surface area (Å²) in [6, 6.07) is 7.57. The lowest BCUT2D eigenvalue weighted by molar-refractivity contribution is -0.134. The van der Waals surface area contributed by atoms with Crippen LogP contribution in [0.2, 0.25) is 0 Å². The molecule has 198 valence electrons. The van der Waals surface area contributed by atoms with E-state index in [0.29, 0.717) is 31.4 Å². The van der Waals surface area contributed by atoms with Gasteiger partial charge in [0.2, 0.25) is 5.91 Å². The number of fused-ring (bicyclic) bond motifs is 3. The second-order valence-electron chi connectivity index (χ2n) is 10.8. The van der Waals surface area contributed by atoms with Crippen molar-refractivity contribution < 1.29 is 18.3 Å². The highest BCUT2D eigenvalue weighted by Crippen LogP contribution is 2.41. The molecular formula is C30H32F2N4O2. The summed E-state index contributed by atoms with van der Waals surface area (Å²) in [5.74, 6) is -0.0576. The van der Waals surface area contributed by atoms with E-state index in [4.69, 9.17) is 4.74 Å². The van der Waals surface area contributed by atoms with Crippen molar-refractivity contribution in [3.05, 3.63) is 66.1 Å². The van der Waals surface area contributed by atoms with Crippen LogP contribution in [-0.4, -0.2) is 45.5 Å². The number of nitrogens with one attached hydrogen (secondary N) is 1. The third-order valence-electron chi connectivity index (χ3n) is 8.31. The van der Waals surface area contributed by atoms with Gasteiger partial charge in [0.15, 0.2) is 11.6 Å². The van der Waals surface area contributed by atoms with Crippen LogP contribution in [0.1, 0.15) is 56.4 Å². The quantitative estimate of drug-likeness (QED) is 0.322. The number of hydrogen-bond donors (Lipinski definition) is 1. The number of carbonyl (C=O) groups excluding carboxylic acids is 1. The molecule has 1 saturated heterocycles. The summed E-state index contributed by atoms with van der Waals surface area (Å²) in [4.78, 5) is 27.4. The fourth-order valence-corrected chi connectivity index (χ4v) is 6.30. The zero-order valence-electron chi connectivity index (χ0n) is 21.3. The van der Waals surface area contributed by atoms with Crippen molar-refractivity contribution in [1.82, 2.24) is 19.9 Å². The normalized spacial score (nSPS) is 22.2. The zero-order chi connectivity index (χ0) is 26.1. The first-order chi connectivity index (χ1) is 18.5. The summed E-state index contributed by atoms with van der Waals surface area (Å²) in [7, 11) is 0. The summed E-state index contributed by atoms with van der Waals surface area (Å²) < 4.78 is 32.7. The number of benzene rings is 1. The summed E-state index contributed by atoms with van der Waals surface area (Å²) in [5, 5.41) is 2.31. The Morgan fingerprint density at radius 3 is 2.76 bits per heavy atom. The number of likely N-dealkylation sites (tertiary alicyclic amines) is 1. The van der Waals surface area contributed by atoms with Crippen LogP contribution in [0.3, 0.4) is 0 Å². The number of rotatable bonds is 6. The molecular weight excluding hydrogens is 486 g/mol. The Hall–Kier alpha value is -3.55. The monoisotopic (exact) mass is 518 g/mol. The number of aromatic nitrogens is 3. The molecule has 4 aromatic rings. The Bertz CT molecular complexity index is 1450. The summed E-state index contributed by atoms with van der Waals surface area (Å²) >= 11 is 0. The molecule has 1 aliphatic heterocycles. The number of H-pyrrole nitrogens is 1. The first kappa shape index (κ1) is 24.8. The van der Waals surface area contributed by atoms with Crippen LogP contribution in [0, 0.1) is 23.5 Å². The van der Waals surface area contributed by atoms with Crippen LogP contribution >= 0.6 is 0 Å². The molecule has 1 aromatic carbocycles. The van der Waals surface area contributed by atoms with E-state index < -0.39 is 11.6 Å². The van der Waals surface area contributed by atoms with Gasteiger partial charge < -0.3 is 14.6 Å².